The highest BCUT2D eigenvalue weighted by Crippen LogP contribution is 2.18. The Hall–Kier alpha value is -1.63. The first kappa shape index (κ1) is 14.8. The number of aromatic nitrogens is 3. The van der Waals surface area contributed by atoms with Gasteiger partial charge >= 0.3 is 0 Å². The van der Waals surface area contributed by atoms with Gasteiger partial charge in [0.25, 0.3) is 0 Å². The Morgan fingerprint density at radius 3 is 2.65 bits per heavy atom. The molecule has 1 aromatic heterocycles. The van der Waals surface area contributed by atoms with E-state index in [4.69, 9.17) is 4.74 Å². The van der Waals surface area contributed by atoms with Crippen molar-refractivity contribution in [2.24, 2.45) is 0 Å². The monoisotopic (exact) mass is 280 g/mol. The van der Waals surface area contributed by atoms with Crippen molar-refractivity contribution < 1.29 is 4.74 Å². The molecule has 1 aromatic rings. The van der Waals surface area contributed by atoms with Crippen LogP contribution in [0.25, 0.3) is 0 Å². The van der Waals surface area contributed by atoms with E-state index in [2.05, 4.69) is 50.8 Å². The van der Waals surface area contributed by atoms with Gasteiger partial charge in [0.1, 0.15) is 0 Å². The Balaban J connectivity index is 2.29. The van der Waals surface area contributed by atoms with Gasteiger partial charge in [-0.15, -0.1) is 0 Å². The highest BCUT2D eigenvalue weighted by atomic mass is 16.5. The molecule has 1 N–H and O–H groups in total. The van der Waals surface area contributed by atoms with Crippen molar-refractivity contribution in [1.82, 2.24) is 15.0 Å². The van der Waals surface area contributed by atoms with Crippen LogP contribution in [0.3, 0.4) is 0 Å². The van der Waals surface area contributed by atoms with E-state index in [1.54, 1.807) is 0 Å². The van der Waals surface area contributed by atoms with E-state index in [-0.39, 0.29) is 6.10 Å². The lowest BCUT2D eigenvalue weighted by molar-refractivity contribution is 0.0526. The average Bonchev–Trinajstić information content (AvgIpc) is 2.48. The number of ether oxygens (including phenoxy) is 1. The molecule has 0 radical (unpaired) electrons. The van der Waals surface area contributed by atoms with Crippen LogP contribution in [-0.4, -0.2) is 60.9 Å². The normalized spacial score (nSPS) is 19.0. The van der Waals surface area contributed by atoms with Crippen molar-refractivity contribution >= 4 is 17.8 Å². The summed E-state index contributed by atoms with van der Waals surface area (Å²) in [7, 11) is 1.83. The molecule has 20 heavy (non-hydrogen) atoms. The molecule has 0 aliphatic carbocycles. The molecule has 2 rings (SSSR count). The summed E-state index contributed by atoms with van der Waals surface area (Å²) in [6, 6.07) is 0. The number of nitrogens with zero attached hydrogens (tertiary/aromatic N) is 5. The van der Waals surface area contributed by atoms with Crippen molar-refractivity contribution in [3.05, 3.63) is 0 Å². The van der Waals surface area contributed by atoms with Gasteiger partial charge in [-0.2, -0.15) is 15.0 Å². The number of rotatable bonds is 5. The largest absolute Gasteiger partial charge is 0.375 e. The fraction of sp³-hybridized carbons (Fsp3) is 0.769. The lowest BCUT2D eigenvalue weighted by atomic mass is 10.3. The highest BCUT2D eigenvalue weighted by molar-refractivity contribution is 5.45. The van der Waals surface area contributed by atoms with E-state index in [1.807, 2.05) is 7.05 Å². The lowest BCUT2D eigenvalue weighted by Gasteiger charge is -2.31. The van der Waals surface area contributed by atoms with Gasteiger partial charge < -0.3 is 19.9 Å². The molecule has 7 nitrogen and oxygen atoms in total. The molecular weight excluding hydrogens is 256 g/mol. The Morgan fingerprint density at radius 1 is 1.30 bits per heavy atom. The molecule has 2 heterocycles. The molecule has 1 atom stereocenters. The summed E-state index contributed by atoms with van der Waals surface area (Å²) in [6.07, 6.45) is 0.204. The van der Waals surface area contributed by atoms with Gasteiger partial charge in [0.2, 0.25) is 17.8 Å². The Kier molecular flexibility index (Phi) is 4.94. The van der Waals surface area contributed by atoms with Gasteiger partial charge in [-0.25, -0.2) is 0 Å². The Labute approximate surface area is 120 Å². The van der Waals surface area contributed by atoms with Crippen LogP contribution in [-0.2, 0) is 4.74 Å². The maximum atomic E-state index is 5.57. The molecule has 7 heteroatoms. The number of hydrogen-bond donors (Lipinski definition) is 1. The van der Waals surface area contributed by atoms with Gasteiger partial charge in [0, 0.05) is 33.2 Å². The molecule has 1 saturated heterocycles. The van der Waals surface area contributed by atoms with Crippen LogP contribution >= 0.6 is 0 Å². The van der Waals surface area contributed by atoms with Crippen LogP contribution in [0.15, 0.2) is 0 Å². The molecule has 0 bridgehead atoms. The van der Waals surface area contributed by atoms with E-state index in [1.165, 1.54) is 0 Å². The highest BCUT2D eigenvalue weighted by Gasteiger charge is 2.21. The van der Waals surface area contributed by atoms with E-state index >= 15 is 0 Å². The molecule has 1 aliphatic rings. The van der Waals surface area contributed by atoms with Crippen LogP contribution in [0, 0.1) is 0 Å². The van der Waals surface area contributed by atoms with Crippen molar-refractivity contribution in [3.63, 3.8) is 0 Å². The summed E-state index contributed by atoms with van der Waals surface area (Å²) in [5.74, 6) is 2.06. The van der Waals surface area contributed by atoms with Crippen molar-refractivity contribution in [2.45, 2.75) is 26.9 Å². The first-order valence-corrected chi connectivity index (χ1v) is 7.23. The van der Waals surface area contributed by atoms with Crippen LogP contribution in [0.4, 0.5) is 17.8 Å². The third-order valence-corrected chi connectivity index (χ3v) is 3.41. The lowest BCUT2D eigenvalue weighted by Crippen LogP contribution is -2.42. The Bertz CT molecular complexity index is 437. The number of nitrogens with one attached hydrogen (secondary N) is 1. The predicted molar refractivity (Wildman–Crippen MR) is 80.6 cm³/mol. The first-order chi connectivity index (χ1) is 9.67. The summed E-state index contributed by atoms with van der Waals surface area (Å²) < 4.78 is 5.57. The summed E-state index contributed by atoms with van der Waals surface area (Å²) >= 11 is 0. The third kappa shape index (κ3) is 3.27. The number of hydrogen-bond acceptors (Lipinski definition) is 7. The topological polar surface area (TPSA) is 66.4 Å². The number of morpholine rings is 1. The third-order valence-electron chi connectivity index (χ3n) is 3.41. The van der Waals surface area contributed by atoms with Gasteiger partial charge in [0.05, 0.1) is 12.7 Å². The van der Waals surface area contributed by atoms with E-state index in [0.29, 0.717) is 12.6 Å². The Morgan fingerprint density at radius 2 is 2.05 bits per heavy atom. The molecule has 0 spiro atoms. The first-order valence-electron chi connectivity index (χ1n) is 7.23. The summed E-state index contributed by atoms with van der Waals surface area (Å²) in [4.78, 5) is 17.8. The van der Waals surface area contributed by atoms with Gasteiger partial charge in [0.15, 0.2) is 0 Å². The molecule has 1 fully saturated rings. The molecule has 1 unspecified atom stereocenters. The minimum Gasteiger partial charge on any atom is -0.375 e. The van der Waals surface area contributed by atoms with E-state index in [0.717, 1.165) is 38.1 Å². The van der Waals surface area contributed by atoms with Crippen molar-refractivity contribution in [1.29, 1.82) is 0 Å². The van der Waals surface area contributed by atoms with Crippen LogP contribution in [0.1, 0.15) is 20.8 Å². The van der Waals surface area contributed by atoms with Crippen LogP contribution < -0.4 is 15.1 Å². The quantitative estimate of drug-likeness (QED) is 0.862. The smallest absolute Gasteiger partial charge is 0.232 e. The van der Waals surface area contributed by atoms with Gasteiger partial charge in [-0.3, -0.25) is 0 Å². The SMILES string of the molecule is CCN(CC)c1nc(NC)nc(N2CCOC(C)C2)n1. The zero-order valence-electron chi connectivity index (χ0n) is 12.8. The predicted octanol–water partition coefficient (Wildman–Crippen LogP) is 0.985. The second-order valence-corrected chi connectivity index (χ2v) is 4.81. The molecule has 0 amide bonds. The van der Waals surface area contributed by atoms with Gasteiger partial charge in [-0.05, 0) is 20.8 Å². The average molecular weight is 280 g/mol. The van der Waals surface area contributed by atoms with E-state index in [9.17, 15) is 0 Å². The zero-order valence-corrected chi connectivity index (χ0v) is 12.8. The maximum Gasteiger partial charge on any atom is 0.232 e. The molecule has 0 aromatic carbocycles. The fourth-order valence-corrected chi connectivity index (χ4v) is 2.26. The molecule has 112 valence electrons. The standard InChI is InChI=1S/C13H24N6O/c1-5-18(6-2)12-15-11(14-4)16-13(17-12)19-7-8-20-10(3)9-19/h10H,5-9H2,1-4H3,(H,14,15,16,17). The molecular formula is C13H24N6O. The minimum atomic E-state index is 0.204. The molecule has 1 aliphatic heterocycles. The van der Waals surface area contributed by atoms with Crippen LogP contribution in [0.2, 0.25) is 0 Å². The van der Waals surface area contributed by atoms with Gasteiger partial charge in [-0.1, -0.05) is 0 Å². The minimum absolute atomic E-state index is 0.204. The second kappa shape index (κ2) is 6.69. The summed E-state index contributed by atoms with van der Waals surface area (Å²) in [5, 5.41) is 3.01. The van der Waals surface area contributed by atoms with Crippen LogP contribution in [0.5, 0.6) is 0 Å². The zero-order chi connectivity index (χ0) is 14.5. The van der Waals surface area contributed by atoms with Crippen molar-refractivity contribution in [3.8, 4) is 0 Å². The summed E-state index contributed by atoms with van der Waals surface area (Å²) in [6.45, 7) is 10.4. The molecule has 0 saturated carbocycles. The van der Waals surface area contributed by atoms with Crippen molar-refractivity contribution in [2.75, 3.05) is 55.0 Å². The summed E-state index contributed by atoms with van der Waals surface area (Å²) in [5.41, 5.74) is 0. The van der Waals surface area contributed by atoms with E-state index < -0.39 is 0 Å². The number of anilines is 3. The fourth-order valence-electron chi connectivity index (χ4n) is 2.26. The maximum absolute atomic E-state index is 5.57. The second-order valence-electron chi connectivity index (χ2n) is 4.81.